The van der Waals surface area contributed by atoms with Gasteiger partial charge in [0.15, 0.2) is 0 Å². The van der Waals surface area contributed by atoms with Crippen molar-refractivity contribution >= 4 is 27.5 Å². The normalized spacial score (nSPS) is 10.8. The summed E-state index contributed by atoms with van der Waals surface area (Å²) in [5.74, 6) is 0.315. The summed E-state index contributed by atoms with van der Waals surface area (Å²) in [6.07, 6.45) is 1.69. The summed E-state index contributed by atoms with van der Waals surface area (Å²) >= 11 is 9.48. The standard InChI is InChI=1S/C18H20BrClFNO2/c19-14-6-7-18(13(10-14)11-22-8-1-2-9-23)24-12-15-16(20)4-3-5-17(15)21/h3-7,10,22-23H,1-2,8-9,11-12H2. The third kappa shape index (κ3) is 5.74. The van der Waals surface area contributed by atoms with Crippen LogP contribution in [-0.4, -0.2) is 18.3 Å². The van der Waals surface area contributed by atoms with E-state index < -0.39 is 0 Å². The Hall–Kier alpha value is -1.14. The van der Waals surface area contributed by atoms with Crippen LogP contribution in [0.5, 0.6) is 5.75 Å². The molecule has 2 rings (SSSR count). The van der Waals surface area contributed by atoms with Crippen LogP contribution >= 0.6 is 27.5 Å². The van der Waals surface area contributed by atoms with Crippen molar-refractivity contribution in [2.24, 2.45) is 0 Å². The third-order valence-corrected chi connectivity index (χ3v) is 4.38. The van der Waals surface area contributed by atoms with Crippen molar-refractivity contribution in [3.05, 3.63) is 62.8 Å². The van der Waals surface area contributed by atoms with Gasteiger partial charge in [0, 0.05) is 28.8 Å². The van der Waals surface area contributed by atoms with E-state index in [-0.39, 0.29) is 19.0 Å². The van der Waals surface area contributed by atoms with Gasteiger partial charge >= 0.3 is 0 Å². The van der Waals surface area contributed by atoms with Crippen molar-refractivity contribution in [2.45, 2.75) is 26.0 Å². The fourth-order valence-corrected chi connectivity index (χ4v) is 2.86. The molecule has 6 heteroatoms. The zero-order valence-corrected chi connectivity index (χ0v) is 15.5. The largest absolute Gasteiger partial charge is 0.488 e. The lowest BCUT2D eigenvalue weighted by Gasteiger charge is -2.14. The Bertz CT molecular complexity index is 649. The number of hydrogen-bond donors (Lipinski definition) is 2. The highest BCUT2D eigenvalue weighted by atomic mass is 79.9. The SMILES string of the molecule is OCCCCNCc1cc(Br)ccc1OCc1c(F)cccc1Cl. The lowest BCUT2D eigenvalue weighted by Crippen LogP contribution is -2.16. The molecule has 0 heterocycles. The first-order chi connectivity index (χ1) is 11.6. The maximum absolute atomic E-state index is 13.8. The van der Waals surface area contributed by atoms with E-state index in [9.17, 15) is 4.39 Å². The van der Waals surface area contributed by atoms with E-state index in [1.807, 2.05) is 18.2 Å². The van der Waals surface area contributed by atoms with Gasteiger partial charge < -0.3 is 15.2 Å². The predicted octanol–water partition coefficient (Wildman–Crippen LogP) is 4.68. The second-order valence-corrected chi connectivity index (χ2v) is 6.67. The molecular weight excluding hydrogens is 397 g/mol. The first-order valence-electron chi connectivity index (χ1n) is 7.77. The number of nitrogens with one attached hydrogen (secondary N) is 1. The number of rotatable bonds is 9. The Morgan fingerprint density at radius 1 is 1.21 bits per heavy atom. The van der Waals surface area contributed by atoms with Crippen molar-refractivity contribution in [3.8, 4) is 5.75 Å². The molecule has 0 atom stereocenters. The lowest BCUT2D eigenvalue weighted by atomic mass is 10.2. The predicted molar refractivity (Wildman–Crippen MR) is 97.9 cm³/mol. The second-order valence-electron chi connectivity index (χ2n) is 5.35. The van der Waals surface area contributed by atoms with Gasteiger partial charge in [-0.15, -0.1) is 0 Å². The number of halogens is 3. The fourth-order valence-electron chi connectivity index (χ4n) is 2.23. The van der Waals surface area contributed by atoms with Gasteiger partial charge in [-0.2, -0.15) is 0 Å². The van der Waals surface area contributed by atoms with Crippen molar-refractivity contribution in [1.29, 1.82) is 0 Å². The van der Waals surface area contributed by atoms with E-state index in [2.05, 4.69) is 21.2 Å². The Morgan fingerprint density at radius 3 is 2.79 bits per heavy atom. The van der Waals surface area contributed by atoms with E-state index in [1.54, 1.807) is 12.1 Å². The molecule has 0 bridgehead atoms. The van der Waals surface area contributed by atoms with Crippen LogP contribution in [-0.2, 0) is 13.2 Å². The monoisotopic (exact) mass is 415 g/mol. The van der Waals surface area contributed by atoms with E-state index in [1.165, 1.54) is 6.07 Å². The van der Waals surface area contributed by atoms with Crippen LogP contribution < -0.4 is 10.1 Å². The second kappa shape index (κ2) is 9.99. The number of unbranched alkanes of at least 4 members (excludes halogenated alkanes) is 1. The molecule has 0 aromatic heterocycles. The number of ether oxygens (including phenoxy) is 1. The Labute approximate surface area is 154 Å². The van der Waals surface area contributed by atoms with Gasteiger partial charge in [0.05, 0.1) is 5.02 Å². The minimum Gasteiger partial charge on any atom is -0.488 e. The van der Waals surface area contributed by atoms with Crippen molar-refractivity contribution in [1.82, 2.24) is 5.32 Å². The fraction of sp³-hybridized carbons (Fsp3) is 0.333. The Kier molecular flexibility index (Phi) is 7.99. The van der Waals surface area contributed by atoms with Crippen molar-refractivity contribution in [2.75, 3.05) is 13.2 Å². The summed E-state index contributed by atoms with van der Waals surface area (Å²) < 4.78 is 20.6. The van der Waals surface area contributed by atoms with Crippen molar-refractivity contribution < 1.29 is 14.2 Å². The number of aliphatic hydroxyl groups is 1. The van der Waals surface area contributed by atoms with Gasteiger partial charge in [-0.25, -0.2) is 4.39 Å². The molecule has 130 valence electrons. The summed E-state index contributed by atoms with van der Waals surface area (Å²) in [5.41, 5.74) is 1.32. The number of benzene rings is 2. The molecule has 0 amide bonds. The van der Waals surface area contributed by atoms with E-state index >= 15 is 0 Å². The molecule has 0 spiro atoms. The molecule has 2 aromatic rings. The summed E-state index contributed by atoms with van der Waals surface area (Å²) in [6, 6.07) is 10.3. The Balaban J connectivity index is 2.01. The molecule has 2 aromatic carbocycles. The van der Waals surface area contributed by atoms with Crippen LogP contribution in [0.4, 0.5) is 4.39 Å². The lowest BCUT2D eigenvalue weighted by molar-refractivity contribution is 0.283. The number of hydrogen-bond acceptors (Lipinski definition) is 3. The van der Waals surface area contributed by atoms with Gasteiger partial charge in [0.25, 0.3) is 0 Å². The molecule has 0 aliphatic rings. The van der Waals surface area contributed by atoms with Gasteiger partial charge in [-0.1, -0.05) is 33.6 Å². The van der Waals surface area contributed by atoms with Crippen molar-refractivity contribution in [3.63, 3.8) is 0 Å². The van der Waals surface area contributed by atoms with Crippen LogP contribution in [0.1, 0.15) is 24.0 Å². The molecule has 0 saturated heterocycles. The quantitative estimate of drug-likeness (QED) is 0.583. The summed E-state index contributed by atoms with van der Waals surface area (Å²) in [7, 11) is 0. The van der Waals surface area contributed by atoms with Crippen LogP contribution in [0.15, 0.2) is 40.9 Å². The zero-order valence-electron chi connectivity index (χ0n) is 13.2. The van der Waals surface area contributed by atoms with Gasteiger partial charge in [-0.3, -0.25) is 0 Å². The van der Waals surface area contributed by atoms with Crippen LogP contribution in [0.3, 0.4) is 0 Å². The highest BCUT2D eigenvalue weighted by Crippen LogP contribution is 2.26. The van der Waals surface area contributed by atoms with Gasteiger partial charge in [0.1, 0.15) is 18.2 Å². The van der Waals surface area contributed by atoms with Gasteiger partial charge in [0.2, 0.25) is 0 Å². The molecule has 0 fully saturated rings. The Morgan fingerprint density at radius 2 is 2.04 bits per heavy atom. The summed E-state index contributed by atoms with van der Waals surface area (Å²) in [4.78, 5) is 0. The summed E-state index contributed by atoms with van der Waals surface area (Å²) in [6.45, 7) is 1.72. The van der Waals surface area contributed by atoms with Crippen LogP contribution in [0.25, 0.3) is 0 Å². The highest BCUT2D eigenvalue weighted by Gasteiger charge is 2.10. The van der Waals surface area contributed by atoms with E-state index in [4.69, 9.17) is 21.4 Å². The molecule has 3 nitrogen and oxygen atoms in total. The van der Waals surface area contributed by atoms with E-state index in [0.717, 1.165) is 29.4 Å². The van der Waals surface area contributed by atoms with Crippen LogP contribution in [0.2, 0.25) is 5.02 Å². The maximum atomic E-state index is 13.8. The molecule has 0 aliphatic heterocycles. The average Bonchev–Trinajstić information content (AvgIpc) is 2.56. The molecule has 2 N–H and O–H groups in total. The molecule has 0 unspecified atom stereocenters. The third-order valence-electron chi connectivity index (χ3n) is 3.53. The number of aliphatic hydroxyl groups excluding tert-OH is 1. The van der Waals surface area contributed by atoms with Crippen LogP contribution in [0, 0.1) is 5.82 Å². The zero-order chi connectivity index (χ0) is 17.4. The smallest absolute Gasteiger partial charge is 0.131 e. The first-order valence-corrected chi connectivity index (χ1v) is 8.94. The molecule has 0 radical (unpaired) electrons. The maximum Gasteiger partial charge on any atom is 0.131 e. The van der Waals surface area contributed by atoms with E-state index in [0.29, 0.717) is 22.9 Å². The summed E-state index contributed by atoms with van der Waals surface area (Å²) in [5, 5.41) is 12.5. The average molecular weight is 417 g/mol. The highest BCUT2D eigenvalue weighted by molar-refractivity contribution is 9.10. The first kappa shape index (κ1) is 19.2. The molecule has 24 heavy (non-hydrogen) atoms. The molecular formula is C18H20BrClFNO2. The minimum absolute atomic E-state index is 0.0741. The molecule has 0 aliphatic carbocycles. The minimum atomic E-state index is -0.372. The topological polar surface area (TPSA) is 41.5 Å². The molecule has 0 saturated carbocycles. The van der Waals surface area contributed by atoms with Gasteiger partial charge in [-0.05, 0) is 49.7 Å².